The highest BCUT2D eigenvalue weighted by atomic mass is 16.5. The summed E-state index contributed by atoms with van der Waals surface area (Å²) in [6.45, 7) is 2.85. The van der Waals surface area contributed by atoms with E-state index in [1.165, 1.54) is 6.39 Å². The Bertz CT molecular complexity index is 462. The predicted molar refractivity (Wildman–Crippen MR) is 55.9 cm³/mol. The van der Waals surface area contributed by atoms with Gasteiger partial charge >= 0.3 is 0 Å². The third kappa shape index (κ3) is 1.57. The third-order valence-electron chi connectivity index (χ3n) is 2.66. The smallest absolute Gasteiger partial charge is 0.182 e. The lowest BCUT2D eigenvalue weighted by Gasteiger charge is -2.26. The first-order valence-corrected chi connectivity index (χ1v) is 5.09. The molecule has 0 radical (unpaired) electrons. The van der Waals surface area contributed by atoms with Crippen LogP contribution in [0.25, 0.3) is 11.1 Å². The number of nitrogens with one attached hydrogen (secondary N) is 1. The second kappa shape index (κ2) is 3.55. The second-order valence-electron chi connectivity index (χ2n) is 3.79. The number of ether oxygens (including phenoxy) is 1. The van der Waals surface area contributed by atoms with Crippen molar-refractivity contribution in [2.75, 3.05) is 19.7 Å². The summed E-state index contributed by atoms with van der Waals surface area (Å²) < 4.78 is 10.9. The molecular weight excluding hydrogens is 192 g/mol. The van der Waals surface area contributed by atoms with Gasteiger partial charge in [-0.2, -0.15) is 0 Å². The van der Waals surface area contributed by atoms with Gasteiger partial charge in [-0.3, -0.25) is 0 Å². The van der Waals surface area contributed by atoms with Crippen molar-refractivity contribution in [1.29, 1.82) is 0 Å². The van der Waals surface area contributed by atoms with E-state index in [4.69, 9.17) is 9.15 Å². The van der Waals surface area contributed by atoms with Crippen molar-refractivity contribution in [3.8, 4) is 5.75 Å². The predicted octanol–water partition coefficient (Wildman–Crippen LogP) is 1.43. The van der Waals surface area contributed by atoms with E-state index < -0.39 is 0 Å². The van der Waals surface area contributed by atoms with E-state index in [0.29, 0.717) is 5.92 Å². The van der Waals surface area contributed by atoms with E-state index in [9.17, 15) is 0 Å². The Morgan fingerprint density at radius 1 is 1.47 bits per heavy atom. The van der Waals surface area contributed by atoms with Gasteiger partial charge in [0.25, 0.3) is 0 Å². The number of hydrogen-bond acceptors (Lipinski definition) is 4. The van der Waals surface area contributed by atoms with Crippen LogP contribution in [-0.2, 0) is 0 Å². The SMILES string of the molecule is c1cc(OCC2CNC2)c2ncoc2c1. The van der Waals surface area contributed by atoms with Gasteiger partial charge < -0.3 is 14.5 Å². The molecule has 4 nitrogen and oxygen atoms in total. The lowest BCUT2D eigenvalue weighted by molar-refractivity contribution is 0.200. The van der Waals surface area contributed by atoms with Crippen LogP contribution >= 0.6 is 0 Å². The summed E-state index contributed by atoms with van der Waals surface area (Å²) in [6, 6.07) is 5.74. The highest BCUT2D eigenvalue weighted by molar-refractivity contribution is 5.79. The first-order chi connectivity index (χ1) is 7.43. The van der Waals surface area contributed by atoms with Crippen LogP contribution in [0.4, 0.5) is 0 Å². The molecule has 1 aliphatic rings. The molecule has 0 atom stereocenters. The lowest BCUT2D eigenvalue weighted by atomic mass is 10.1. The Morgan fingerprint density at radius 3 is 3.20 bits per heavy atom. The molecule has 1 saturated heterocycles. The fraction of sp³-hybridized carbons (Fsp3) is 0.364. The number of aromatic nitrogens is 1. The van der Waals surface area contributed by atoms with Crippen molar-refractivity contribution >= 4 is 11.1 Å². The van der Waals surface area contributed by atoms with Gasteiger partial charge in [-0.05, 0) is 12.1 Å². The Labute approximate surface area is 87.2 Å². The molecule has 2 heterocycles. The van der Waals surface area contributed by atoms with E-state index in [-0.39, 0.29) is 0 Å². The summed E-state index contributed by atoms with van der Waals surface area (Å²) in [5.74, 6) is 1.44. The van der Waals surface area contributed by atoms with E-state index in [2.05, 4.69) is 10.3 Å². The zero-order valence-electron chi connectivity index (χ0n) is 8.27. The minimum atomic E-state index is 0.632. The summed E-state index contributed by atoms with van der Waals surface area (Å²) in [4.78, 5) is 4.13. The largest absolute Gasteiger partial charge is 0.491 e. The molecule has 3 rings (SSSR count). The van der Waals surface area contributed by atoms with Crippen LogP contribution in [0.3, 0.4) is 0 Å². The maximum absolute atomic E-state index is 5.72. The Kier molecular flexibility index (Phi) is 2.07. The standard InChI is InChI=1S/C11H12N2O2/c1-2-9(14-6-8-4-12-5-8)11-10(3-1)15-7-13-11/h1-3,7-8,12H,4-6H2. The Morgan fingerprint density at radius 2 is 2.40 bits per heavy atom. The van der Waals surface area contributed by atoms with Crippen molar-refractivity contribution in [2.24, 2.45) is 5.92 Å². The molecule has 0 spiro atoms. The van der Waals surface area contributed by atoms with Crippen molar-refractivity contribution in [2.45, 2.75) is 0 Å². The van der Waals surface area contributed by atoms with E-state index in [1.54, 1.807) is 0 Å². The van der Waals surface area contributed by atoms with E-state index in [0.717, 1.165) is 36.5 Å². The molecule has 2 aromatic rings. The zero-order valence-corrected chi connectivity index (χ0v) is 8.27. The average molecular weight is 204 g/mol. The number of fused-ring (bicyclic) bond motifs is 1. The fourth-order valence-corrected chi connectivity index (χ4v) is 1.65. The van der Waals surface area contributed by atoms with Crippen LogP contribution < -0.4 is 10.1 Å². The fourth-order valence-electron chi connectivity index (χ4n) is 1.65. The van der Waals surface area contributed by atoms with Crippen molar-refractivity contribution in [3.63, 3.8) is 0 Å². The Hall–Kier alpha value is -1.55. The maximum atomic E-state index is 5.72. The molecule has 0 amide bonds. The molecule has 1 aliphatic heterocycles. The van der Waals surface area contributed by atoms with Crippen LogP contribution in [0.15, 0.2) is 29.0 Å². The first kappa shape index (κ1) is 8.73. The molecule has 0 bridgehead atoms. The number of oxazole rings is 1. The van der Waals surface area contributed by atoms with Crippen LogP contribution in [-0.4, -0.2) is 24.7 Å². The molecular formula is C11H12N2O2. The molecule has 0 saturated carbocycles. The van der Waals surface area contributed by atoms with Gasteiger partial charge in [0.05, 0.1) is 6.61 Å². The van der Waals surface area contributed by atoms with Gasteiger partial charge in [-0.15, -0.1) is 0 Å². The zero-order chi connectivity index (χ0) is 10.1. The summed E-state index contributed by atoms with van der Waals surface area (Å²) in [7, 11) is 0. The van der Waals surface area contributed by atoms with Crippen molar-refractivity contribution < 1.29 is 9.15 Å². The maximum Gasteiger partial charge on any atom is 0.182 e. The van der Waals surface area contributed by atoms with E-state index in [1.807, 2.05) is 18.2 Å². The number of hydrogen-bond donors (Lipinski definition) is 1. The van der Waals surface area contributed by atoms with Gasteiger partial charge in [-0.1, -0.05) is 6.07 Å². The minimum Gasteiger partial charge on any atom is -0.491 e. The van der Waals surface area contributed by atoms with Gasteiger partial charge in [0.1, 0.15) is 5.75 Å². The number of nitrogens with zero attached hydrogens (tertiary/aromatic N) is 1. The molecule has 1 aromatic heterocycles. The van der Waals surface area contributed by atoms with Crippen LogP contribution in [0.1, 0.15) is 0 Å². The van der Waals surface area contributed by atoms with E-state index >= 15 is 0 Å². The van der Waals surface area contributed by atoms with Crippen LogP contribution in [0, 0.1) is 5.92 Å². The molecule has 1 aromatic carbocycles. The summed E-state index contributed by atoms with van der Waals surface area (Å²) in [5, 5.41) is 3.22. The van der Waals surface area contributed by atoms with Crippen molar-refractivity contribution in [3.05, 3.63) is 24.6 Å². The van der Waals surface area contributed by atoms with Crippen molar-refractivity contribution in [1.82, 2.24) is 10.3 Å². The molecule has 0 aliphatic carbocycles. The molecule has 0 unspecified atom stereocenters. The summed E-state index contributed by atoms with van der Waals surface area (Å²) in [5.41, 5.74) is 1.59. The third-order valence-corrected chi connectivity index (χ3v) is 2.66. The number of rotatable bonds is 3. The first-order valence-electron chi connectivity index (χ1n) is 5.09. The average Bonchev–Trinajstić information content (AvgIpc) is 2.63. The summed E-state index contributed by atoms with van der Waals surface area (Å²) in [6.07, 6.45) is 1.45. The normalized spacial score (nSPS) is 16.5. The van der Waals surface area contributed by atoms with Gasteiger partial charge in [-0.25, -0.2) is 4.98 Å². The highest BCUT2D eigenvalue weighted by Gasteiger charge is 2.17. The monoisotopic (exact) mass is 204 g/mol. The summed E-state index contributed by atoms with van der Waals surface area (Å²) >= 11 is 0. The molecule has 1 N–H and O–H groups in total. The molecule has 78 valence electrons. The van der Waals surface area contributed by atoms with Crippen LogP contribution in [0.2, 0.25) is 0 Å². The molecule has 15 heavy (non-hydrogen) atoms. The number of benzene rings is 1. The molecule has 1 fully saturated rings. The highest BCUT2D eigenvalue weighted by Crippen LogP contribution is 2.24. The Balaban J connectivity index is 1.80. The quantitative estimate of drug-likeness (QED) is 0.821. The van der Waals surface area contributed by atoms with Gasteiger partial charge in [0.2, 0.25) is 0 Å². The minimum absolute atomic E-state index is 0.632. The van der Waals surface area contributed by atoms with Gasteiger partial charge in [0.15, 0.2) is 17.5 Å². The van der Waals surface area contributed by atoms with Crippen LogP contribution in [0.5, 0.6) is 5.75 Å². The lowest BCUT2D eigenvalue weighted by Crippen LogP contribution is -2.45. The molecule has 4 heteroatoms. The number of para-hydroxylation sites is 1. The topological polar surface area (TPSA) is 47.3 Å². The second-order valence-corrected chi connectivity index (χ2v) is 3.79. The van der Waals surface area contributed by atoms with Gasteiger partial charge in [0, 0.05) is 19.0 Å².